The fourth-order valence-corrected chi connectivity index (χ4v) is 3.12. The lowest BCUT2D eigenvalue weighted by Gasteiger charge is -2.20. The van der Waals surface area contributed by atoms with Gasteiger partial charge < -0.3 is 20.2 Å². The summed E-state index contributed by atoms with van der Waals surface area (Å²) in [5.74, 6) is 0.185. The van der Waals surface area contributed by atoms with E-state index < -0.39 is 0 Å². The SMILES string of the molecule is CCc1cc(C2=NNCC2n2c(C)ccc2C)c(O)cc1O. The highest BCUT2D eigenvalue weighted by atomic mass is 16.3. The van der Waals surface area contributed by atoms with Crippen LogP contribution in [0.5, 0.6) is 11.5 Å². The number of aryl methyl sites for hydroxylation is 3. The van der Waals surface area contributed by atoms with Crippen LogP contribution in [-0.2, 0) is 6.42 Å². The first-order valence-electron chi connectivity index (χ1n) is 7.53. The van der Waals surface area contributed by atoms with E-state index in [4.69, 9.17) is 0 Å². The van der Waals surface area contributed by atoms with Crippen LogP contribution in [0.2, 0.25) is 0 Å². The van der Waals surface area contributed by atoms with Crippen LogP contribution in [0.1, 0.15) is 35.5 Å². The number of rotatable bonds is 3. The van der Waals surface area contributed by atoms with Gasteiger partial charge >= 0.3 is 0 Å². The van der Waals surface area contributed by atoms with E-state index in [1.807, 2.05) is 13.0 Å². The van der Waals surface area contributed by atoms with Crippen molar-refractivity contribution in [2.45, 2.75) is 33.2 Å². The molecule has 0 saturated heterocycles. The van der Waals surface area contributed by atoms with Gasteiger partial charge in [-0.15, -0.1) is 0 Å². The standard InChI is InChI=1S/C17H21N3O2/c1-4-12-7-13(16(22)8-15(12)21)17-14(9-18-19-17)20-10(2)5-6-11(20)3/h5-8,14,18,21-22H,4,9H2,1-3H3. The number of hydrogen-bond donors (Lipinski definition) is 3. The molecule has 0 aliphatic carbocycles. The first-order valence-corrected chi connectivity index (χ1v) is 7.53. The normalized spacial score (nSPS) is 17.4. The predicted molar refractivity (Wildman–Crippen MR) is 86.6 cm³/mol. The highest BCUT2D eigenvalue weighted by Crippen LogP contribution is 2.32. The molecule has 1 aliphatic rings. The Morgan fingerprint density at radius 2 is 1.86 bits per heavy atom. The average Bonchev–Trinajstić information content (AvgIpc) is 3.06. The maximum Gasteiger partial charge on any atom is 0.128 e. The summed E-state index contributed by atoms with van der Waals surface area (Å²) in [4.78, 5) is 0. The van der Waals surface area contributed by atoms with Crippen molar-refractivity contribution in [3.05, 3.63) is 46.8 Å². The second kappa shape index (κ2) is 5.40. The Kier molecular flexibility index (Phi) is 3.56. The van der Waals surface area contributed by atoms with Gasteiger partial charge in [0.25, 0.3) is 0 Å². The highest BCUT2D eigenvalue weighted by molar-refractivity contribution is 6.06. The first-order chi connectivity index (χ1) is 10.5. The monoisotopic (exact) mass is 299 g/mol. The fraction of sp³-hybridized carbons (Fsp3) is 0.353. The first kappa shape index (κ1) is 14.5. The predicted octanol–water partition coefficient (Wildman–Crippen LogP) is 2.63. The second-order valence-electron chi connectivity index (χ2n) is 5.71. The maximum absolute atomic E-state index is 10.2. The lowest BCUT2D eigenvalue weighted by molar-refractivity contribution is 0.445. The molecule has 22 heavy (non-hydrogen) atoms. The Morgan fingerprint density at radius 3 is 2.50 bits per heavy atom. The number of nitrogens with one attached hydrogen (secondary N) is 1. The minimum Gasteiger partial charge on any atom is -0.508 e. The Hall–Kier alpha value is -2.43. The molecule has 3 rings (SSSR count). The average molecular weight is 299 g/mol. The zero-order chi connectivity index (χ0) is 15.9. The molecule has 1 unspecified atom stereocenters. The Labute approximate surface area is 129 Å². The van der Waals surface area contributed by atoms with Crippen LogP contribution >= 0.6 is 0 Å². The van der Waals surface area contributed by atoms with Gasteiger partial charge in [-0.1, -0.05) is 6.92 Å². The van der Waals surface area contributed by atoms with Gasteiger partial charge in [0, 0.05) is 23.0 Å². The summed E-state index contributed by atoms with van der Waals surface area (Å²) in [6.45, 7) is 6.80. The molecule has 3 N–H and O–H groups in total. The number of aromatic nitrogens is 1. The van der Waals surface area contributed by atoms with Crippen molar-refractivity contribution in [1.82, 2.24) is 9.99 Å². The number of nitrogens with zero attached hydrogens (tertiary/aromatic N) is 2. The summed E-state index contributed by atoms with van der Waals surface area (Å²) in [6, 6.07) is 7.44. The van der Waals surface area contributed by atoms with E-state index in [0.717, 1.165) is 22.7 Å². The van der Waals surface area contributed by atoms with E-state index in [1.165, 1.54) is 6.07 Å². The number of hydrogen-bond acceptors (Lipinski definition) is 4. The van der Waals surface area contributed by atoms with E-state index in [-0.39, 0.29) is 17.5 Å². The molecule has 0 bridgehead atoms. The van der Waals surface area contributed by atoms with Crippen molar-refractivity contribution < 1.29 is 10.2 Å². The van der Waals surface area contributed by atoms with Gasteiger partial charge in [-0.2, -0.15) is 5.10 Å². The third kappa shape index (κ3) is 2.22. The van der Waals surface area contributed by atoms with Crippen LogP contribution in [0.25, 0.3) is 0 Å². The van der Waals surface area contributed by atoms with Crippen LogP contribution in [0.4, 0.5) is 0 Å². The van der Waals surface area contributed by atoms with E-state index >= 15 is 0 Å². The van der Waals surface area contributed by atoms with Gasteiger partial charge in [0.05, 0.1) is 18.3 Å². The van der Waals surface area contributed by atoms with Gasteiger partial charge in [-0.05, 0) is 44.0 Å². The minimum atomic E-state index is 0.0372. The molecule has 0 fully saturated rings. The van der Waals surface area contributed by atoms with Gasteiger partial charge in [-0.3, -0.25) is 0 Å². The molecule has 1 atom stereocenters. The summed E-state index contributed by atoms with van der Waals surface area (Å²) in [5.41, 5.74) is 7.64. The smallest absolute Gasteiger partial charge is 0.128 e. The van der Waals surface area contributed by atoms with Crippen LogP contribution in [-0.4, -0.2) is 27.0 Å². The molecular formula is C17H21N3O2. The lowest BCUT2D eigenvalue weighted by atomic mass is 9.98. The molecule has 0 saturated carbocycles. The van der Waals surface area contributed by atoms with Crippen molar-refractivity contribution >= 4 is 5.71 Å². The number of phenols is 2. The minimum absolute atomic E-state index is 0.0372. The van der Waals surface area contributed by atoms with E-state index in [2.05, 4.69) is 41.1 Å². The number of aromatic hydroxyl groups is 2. The molecule has 1 aromatic carbocycles. The van der Waals surface area contributed by atoms with Crippen LogP contribution in [0, 0.1) is 13.8 Å². The molecule has 2 heterocycles. The van der Waals surface area contributed by atoms with E-state index in [0.29, 0.717) is 18.5 Å². The Morgan fingerprint density at radius 1 is 1.18 bits per heavy atom. The van der Waals surface area contributed by atoms with Crippen molar-refractivity contribution in [1.29, 1.82) is 0 Å². The molecule has 0 radical (unpaired) electrons. The van der Waals surface area contributed by atoms with Crippen molar-refractivity contribution in [2.75, 3.05) is 6.54 Å². The third-order valence-electron chi connectivity index (χ3n) is 4.29. The zero-order valence-corrected chi connectivity index (χ0v) is 13.1. The topological polar surface area (TPSA) is 69.8 Å². The van der Waals surface area contributed by atoms with Crippen LogP contribution < -0.4 is 5.43 Å². The molecule has 1 aliphatic heterocycles. The Bertz CT molecular complexity index is 727. The molecule has 5 heteroatoms. The molecule has 1 aromatic heterocycles. The summed E-state index contributed by atoms with van der Waals surface area (Å²) in [7, 11) is 0. The van der Waals surface area contributed by atoms with Crippen molar-refractivity contribution in [3.8, 4) is 11.5 Å². The van der Waals surface area contributed by atoms with Gasteiger partial charge in [0.15, 0.2) is 0 Å². The second-order valence-corrected chi connectivity index (χ2v) is 5.71. The summed E-state index contributed by atoms with van der Waals surface area (Å²) >= 11 is 0. The van der Waals surface area contributed by atoms with Crippen LogP contribution in [0.3, 0.4) is 0 Å². The van der Waals surface area contributed by atoms with Crippen LogP contribution in [0.15, 0.2) is 29.4 Å². The highest BCUT2D eigenvalue weighted by Gasteiger charge is 2.28. The molecule has 2 aromatic rings. The summed E-state index contributed by atoms with van der Waals surface area (Å²) in [6.07, 6.45) is 0.700. The van der Waals surface area contributed by atoms with Crippen molar-refractivity contribution in [3.63, 3.8) is 0 Å². The quantitative estimate of drug-likeness (QED) is 0.816. The van der Waals surface area contributed by atoms with Gasteiger partial charge in [-0.25, -0.2) is 0 Å². The number of phenolic OH excluding ortho intramolecular Hbond substituents is 2. The number of hydrazone groups is 1. The van der Waals surface area contributed by atoms with E-state index in [9.17, 15) is 10.2 Å². The summed E-state index contributed by atoms with van der Waals surface area (Å²) in [5, 5.41) is 24.5. The van der Waals surface area contributed by atoms with E-state index in [1.54, 1.807) is 0 Å². The van der Waals surface area contributed by atoms with Crippen molar-refractivity contribution in [2.24, 2.45) is 5.10 Å². The number of benzene rings is 1. The fourth-order valence-electron chi connectivity index (χ4n) is 3.12. The molecule has 116 valence electrons. The molecule has 0 amide bonds. The zero-order valence-electron chi connectivity index (χ0n) is 13.1. The molecular weight excluding hydrogens is 278 g/mol. The van der Waals surface area contributed by atoms with Gasteiger partial charge in [0.1, 0.15) is 11.5 Å². The maximum atomic E-state index is 10.2. The Balaban J connectivity index is 2.08. The lowest BCUT2D eigenvalue weighted by Crippen LogP contribution is -2.23. The van der Waals surface area contributed by atoms with Gasteiger partial charge in [0.2, 0.25) is 0 Å². The third-order valence-corrected chi connectivity index (χ3v) is 4.29. The molecule has 5 nitrogen and oxygen atoms in total. The molecule has 0 spiro atoms. The largest absolute Gasteiger partial charge is 0.508 e. The summed E-state index contributed by atoms with van der Waals surface area (Å²) < 4.78 is 2.22.